The van der Waals surface area contributed by atoms with E-state index in [-0.39, 0.29) is 12.5 Å². The van der Waals surface area contributed by atoms with Gasteiger partial charge in [-0.1, -0.05) is 15.9 Å². The summed E-state index contributed by atoms with van der Waals surface area (Å²) in [7, 11) is 1.60. The number of fused-ring (bicyclic) bond motifs is 1. The lowest BCUT2D eigenvalue weighted by molar-refractivity contribution is -0.125. The fourth-order valence-electron chi connectivity index (χ4n) is 2.31. The van der Waals surface area contributed by atoms with Crippen LogP contribution in [0.15, 0.2) is 28.9 Å². The summed E-state index contributed by atoms with van der Waals surface area (Å²) in [6.45, 7) is 1.13. The zero-order valence-corrected chi connectivity index (χ0v) is 12.5. The van der Waals surface area contributed by atoms with Crippen LogP contribution in [0.2, 0.25) is 0 Å². The first-order valence-corrected chi connectivity index (χ1v) is 7.00. The number of carbonyl (C=O) groups is 1. The molecular formula is C14H13BrN2O3. The predicted molar refractivity (Wildman–Crippen MR) is 79.2 cm³/mol. The number of morpholine rings is 1. The van der Waals surface area contributed by atoms with Gasteiger partial charge in [-0.15, -0.1) is 0 Å². The van der Waals surface area contributed by atoms with Crippen molar-refractivity contribution in [3.05, 3.63) is 28.9 Å². The Balaban J connectivity index is 2.17. The van der Waals surface area contributed by atoms with Crippen LogP contribution in [0.1, 0.15) is 0 Å². The molecule has 1 aromatic carbocycles. The minimum absolute atomic E-state index is 0.0781. The first-order chi connectivity index (χ1) is 9.70. The Labute approximate surface area is 124 Å². The molecule has 3 rings (SSSR count). The predicted octanol–water partition coefficient (Wildman–Crippen LogP) is 2.37. The molecule has 0 bridgehead atoms. The maximum absolute atomic E-state index is 12.0. The molecule has 1 aliphatic rings. The van der Waals surface area contributed by atoms with Gasteiger partial charge in [-0.2, -0.15) is 0 Å². The molecule has 0 saturated carbocycles. The SMILES string of the molecule is COc1c(N2CCOCC2=O)cnc2ccc(Br)cc12. The monoisotopic (exact) mass is 336 g/mol. The van der Waals surface area contributed by atoms with Gasteiger partial charge in [-0.05, 0) is 18.2 Å². The number of benzene rings is 1. The van der Waals surface area contributed by atoms with Gasteiger partial charge in [-0.25, -0.2) is 0 Å². The summed E-state index contributed by atoms with van der Waals surface area (Å²) in [5, 5.41) is 0.874. The number of rotatable bonds is 2. The van der Waals surface area contributed by atoms with Crippen molar-refractivity contribution in [2.45, 2.75) is 0 Å². The highest BCUT2D eigenvalue weighted by molar-refractivity contribution is 9.10. The number of nitrogens with zero attached hydrogens (tertiary/aromatic N) is 2. The largest absolute Gasteiger partial charge is 0.494 e. The summed E-state index contributed by atoms with van der Waals surface area (Å²) < 4.78 is 11.6. The molecule has 5 nitrogen and oxygen atoms in total. The highest BCUT2D eigenvalue weighted by Gasteiger charge is 2.24. The van der Waals surface area contributed by atoms with E-state index in [2.05, 4.69) is 20.9 Å². The van der Waals surface area contributed by atoms with Gasteiger partial charge in [0.1, 0.15) is 12.3 Å². The molecule has 1 aliphatic heterocycles. The van der Waals surface area contributed by atoms with Crippen molar-refractivity contribution < 1.29 is 14.3 Å². The fourth-order valence-corrected chi connectivity index (χ4v) is 2.67. The van der Waals surface area contributed by atoms with E-state index in [4.69, 9.17) is 9.47 Å². The molecular weight excluding hydrogens is 324 g/mol. The number of pyridine rings is 1. The first-order valence-electron chi connectivity index (χ1n) is 6.21. The molecule has 6 heteroatoms. The molecule has 0 unspecified atom stereocenters. The topological polar surface area (TPSA) is 51.7 Å². The van der Waals surface area contributed by atoms with Gasteiger partial charge in [0.25, 0.3) is 5.91 Å². The lowest BCUT2D eigenvalue weighted by Crippen LogP contribution is -2.41. The molecule has 0 spiro atoms. The van der Waals surface area contributed by atoms with Crippen LogP contribution in [0.25, 0.3) is 10.9 Å². The number of ether oxygens (including phenoxy) is 2. The third-order valence-corrected chi connectivity index (χ3v) is 3.74. The minimum Gasteiger partial charge on any atom is -0.494 e. The van der Waals surface area contributed by atoms with E-state index < -0.39 is 0 Å². The van der Waals surface area contributed by atoms with Crippen molar-refractivity contribution in [3.8, 4) is 5.75 Å². The van der Waals surface area contributed by atoms with Gasteiger partial charge >= 0.3 is 0 Å². The van der Waals surface area contributed by atoms with Crippen LogP contribution in [-0.2, 0) is 9.53 Å². The molecule has 1 aromatic heterocycles. The summed E-state index contributed by atoms with van der Waals surface area (Å²) in [5.41, 5.74) is 1.51. The molecule has 1 amide bonds. The Morgan fingerprint density at radius 1 is 1.45 bits per heavy atom. The van der Waals surface area contributed by atoms with E-state index in [9.17, 15) is 4.79 Å². The summed E-state index contributed by atoms with van der Waals surface area (Å²) in [6.07, 6.45) is 1.68. The molecule has 2 heterocycles. The number of hydrogen-bond donors (Lipinski definition) is 0. The van der Waals surface area contributed by atoms with Gasteiger partial charge in [0.05, 0.1) is 25.4 Å². The van der Waals surface area contributed by atoms with Gasteiger partial charge < -0.3 is 14.4 Å². The van der Waals surface area contributed by atoms with E-state index in [1.807, 2.05) is 18.2 Å². The second kappa shape index (κ2) is 5.38. The van der Waals surface area contributed by atoms with Crippen molar-refractivity contribution >= 4 is 38.4 Å². The van der Waals surface area contributed by atoms with Crippen LogP contribution in [0.3, 0.4) is 0 Å². The molecule has 2 aromatic rings. The summed E-state index contributed by atoms with van der Waals surface area (Å²) in [6, 6.07) is 5.77. The zero-order valence-electron chi connectivity index (χ0n) is 10.9. The number of hydrogen-bond acceptors (Lipinski definition) is 4. The lowest BCUT2D eigenvalue weighted by atomic mass is 10.1. The van der Waals surface area contributed by atoms with E-state index in [0.717, 1.165) is 15.4 Å². The zero-order chi connectivity index (χ0) is 14.1. The molecule has 104 valence electrons. The fraction of sp³-hybridized carbons (Fsp3) is 0.286. The van der Waals surface area contributed by atoms with Gasteiger partial charge in [-0.3, -0.25) is 9.78 Å². The average Bonchev–Trinajstić information content (AvgIpc) is 2.46. The quantitative estimate of drug-likeness (QED) is 0.844. The standard InChI is InChI=1S/C14H13BrN2O3/c1-19-14-10-6-9(15)2-3-11(10)16-7-12(14)17-4-5-20-8-13(17)18/h2-3,6-7H,4-5,8H2,1H3. The van der Waals surface area contributed by atoms with Crippen LogP contribution in [-0.4, -0.2) is 37.8 Å². The van der Waals surface area contributed by atoms with Crippen LogP contribution >= 0.6 is 15.9 Å². The van der Waals surface area contributed by atoms with E-state index in [0.29, 0.717) is 24.6 Å². The van der Waals surface area contributed by atoms with Gasteiger partial charge in [0.15, 0.2) is 5.75 Å². The number of halogens is 1. The minimum atomic E-state index is -0.0781. The third-order valence-electron chi connectivity index (χ3n) is 3.24. The molecule has 0 N–H and O–H groups in total. The second-order valence-corrected chi connectivity index (χ2v) is 5.35. The van der Waals surface area contributed by atoms with E-state index in [1.165, 1.54) is 0 Å². The van der Waals surface area contributed by atoms with Crippen LogP contribution in [0, 0.1) is 0 Å². The van der Waals surface area contributed by atoms with Gasteiger partial charge in [0.2, 0.25) is 0 Å². The summed E-state index contributed by atoms with van der Waals surface area (Å²) >= 11 is 3.44. The number of aromatic nitrogens is 1. The molecule has 1 saturated heterocycles. The second-order valence-electron chi connectivity index (χ2n) is 4.44. The number of anilines is 1. The molecule has 20 heavy (non-hydrogen) atoms. The highest BCUT2D eigenvalue weighted by Crippen LogP contribution is 2.36. The Bertz CT molecular complexity index is 675. The molecule has 0 atom stereocenters. The molecule has 0 aliphatic carbocycles. The van der Waals surface area contributed by atoms with Crippen molar-refractivity contribution in [3.63, 3.8) is 0 Å². The van der Waals surface area contributed by atoms with Crippen molar-refractivity contribution in [2.24, 2.45) is 0 Å². The smallest absolute Gasteiger partial charge is 0.253 e. The maximum atomic E-state index is 12.0. The van der Waals surface area contributed by atoms with Gasteiger partial charge in [0, 0.05) is 16.4 Å². The third kappa shape index (κ3) is 2.25. The average molecular weight is 337 g/mol. The van der Waals surface area contributed by atoms with Crippen LogP contribution in [0.5, 0.6) is 5.75 Å². The number of methoxy groups -OCH3 is 1. The van der Waals surface area contributed by atoms with E-state index in [1.54, 1.807) is 18.2 Å². The normalized spacial score (nSPS) is 15.7. The Morgan fingerprint density at radius 2 is 2.30 bits per heavy atom. The summed E-state index contributed by atoms with van der Waals surface area (Å²) in [5.74, 6) is 0.581. The molecule has 0 radical (unpaired) electrons. The Morgan fingerprint density at radius 3 is 3.05 bits per heavy atom. The lowest BCUT2D eigenvalue weighted by Gasteiger charge is -2.28. The van der Waals surface area contributed by atoms with Crippen molar-refractivity contribution in [1.82, 2.24) is 4.98 Å². The van der Waals surface area contributed by atoms with Crippen molar-refractivity contribution in [2.75, 3.05) is 31.8 Å². The van der Waals surface area contributed by atoms with Crippen LogP contribution < -0.4 is 9.64 Å². The van der Waals surface area contributed by atoms with Crippen LogP contribution in [0.4, 0.5) is 5.69 Å². The highest BCUT2D eigenvalue weighted by atomic mass is 79.9. The molecule has 1 fully saturated rings. The Kier molecular flexibility index (Phi) is 3.58. The Hall–Kier alpha value is -1.66. The number of amides is 1. The first kappa shape index (κ1) is 13.3. The number of carbonyl (C=O) groups excluding carboxylic acids is 1. The van der Waals surface area contributed by atoms with Crippen molar-refractivity contribution in [1.29, 1.82) is 0 Å². The maximum Gasteiger partial charge on any atom is 0.253 e. The summed E-state index contributed by atoms with van der Waals surface area (Å²) in [4.78, 5) is 18.0. The van der Waals surface area contributed by atoms with E-state index >= 15 is 0 Å².